The number of nitrogens with zero attached hydrogens (tertiary/aromatic N) is 3. The molecule has 0 radical (unpaired) electrons. The van der Waals surface area contributed by atoms with Gasteiger partial charge in [-0.3, -0.25) is 0 Å². The van der Waals surface area contributed by atoms with Crippen LogP contribution in [0.2, 0.25) is 0 Å². The van der Waals surface area contributed by atoms with Gasteiger partial charge in [-0.1, -0.05) is 25.7 Å². The SMILES string of the molecule is NCCCCCCCCNP12=NP(Cl)(Cl)=NP(Cl)(=N1)OCCOCCOCCOCCO2. The topological polar surface area (TPSA) is 121 Å². The molecule has 0 aromatic carbocycles. The van der Waals surface area contributed by atoms with Gasteiger partial charge in [0, 0.05) is 6.54 Å². The highest BCUT2D eigenvalue weighted by atomic mass is 35.9. The Morgan fingerprint density at radius 3 is 1.81 bits per heavy atom. The minimum atomic E-state index is -3.16. The fourth-order valence-corrected chi connectivity index (χ4v) is 16.0. The van der Waals surface area contributed by atoms with Crippen LogP contribution in [0.4, 0.5) is 0 Å². The zero-order valence-electron chi connectivity index (χ0n) is 18.2. The van der Waals surface area contributed by atoms with Crippen molar-refractivity contribution in [2.75, 3.05) is 65.9 Å². The molecular weight excluding hydrogens is 541 g/mol. The molecule has 3 N–H and O–H groups in total. The van der Waals surface area contributed by atoms with Gasteiger partial charge in [0.15, 0.2) is 0 Å². The third kappa shape index (κ3) is 12.3. The Bertz CT molecular complexity index is 713. The first-order chi connectivity index (χ1) is 15.4. The van der Waals surface area contributed by atoms with Gasteiger partial charge in [-0.2, -0.15) is 13.5 Å². The van der Waals surface area contributed by atoms with Crippen LogP contribution in [0.25, 0.3) is 0 Å². The molecule has 0 saturated carbocycles. The van der Waals surface area contributed by atoms with Crippen LogP contribution in [0.15, 0.2) is 13.5 Å². The highest BCUT2D eigenvalue weighted by molar-refractivity contribution is 8.15. The highest BCUT2D eigenvalue weighted by Crippen LogP contribution is 2.83. The highest BCUT2D eigenvalue weighted by Gasteiger charge is 2.36. The first-order valence-electron chi connectivity index (χ1n) is 10.9. The Morgan fingerprint density at radius 1 is 0.656 bits per heavy atom. The third-order valence-corrected chi connectivity index (χ3v) is 15.4. The minimum absolute atomic E-state index is 0.198. The van der Waals surface area contributed by atoms with Gasteiger partial charge in [0.25, 0.3) is 13.5 Å². The van der Waals surface area contributed by atoms with E-state index in [1.165, 1.54) is 6.42 Å². The standard InChI is InChI=1S/C16H35Cl3N5O5P3/c17-30(18)22-31(19)24-32(23-30,21-8-6-4-2-1-3-5-7-20)29-16-14-27-12-10-25-9-11-26-13-15-28-31/h21H,1-16,20H2. The van der Waals surface area contributed by atoms with E-state index in [4.69, 9.17) is 62.7 Å². The molecule has 2 unspecified atom stereocenters. The van der Waals surface area contributed by atoms with Crippen LogP contribution in [-0.2, 0) is 23.3 Å². The summed E-state index contributed by atoms with van der Waals surface area (Å²) in [6.45, 7) is 1.18. The number of unbranched alkanes of at least 4 members (excludes halogenated alkanes) is 5. The molecule has 0 aromatic rings. The molecule has 0 fully saturated rings. The molecule has 2 rings (SSSR count). The first-order valence-corrected chi connectivity index (χ1v) is 18.5. The number of hydrogen-bond donors (Lipinski definition) is 2. The van der Waals surface area contributed by atoms with Crippen molar-refractivity contribution in [3.8, 4) is 0 Å². The molecule has 2 aliphatic rings. The van der Waals surface area contributed by atoms with Gasteiger partial charge in [-0.05, 0) is 53.1 Å². The largest absolute Gasteiger partial charge is 0.377 e. The number of rotatable bonds is 9. The van der Waals surface area contributed by atoms with Crippen molar-refractivity contribution in [2.45, 2.75) is 38.5 Å². The third-order valence-electron chi connectivity index (χ3n) is 4.35. The van der Waals surface area contributed by atoms with Gasteiger partial charge < -0.3 is 29.0 Å². The molecule has 0 aromatic heterocycles. The van der Waals surface area contributed by atoms with E-state index in [-0.39, 0.29) is 13.2 Å². The van der Waals surface area contributed by atoms with E-state index in [1.54, 1.807) is 0 Å². The van der Waals surface area contributed by atoms with Crippen molar-refractivity contribution in [1.29, 1.82) is 0 Å². The summed E-state index contributed by atoms with van der Waals surface area (Å²) >= 11 is 19.5. The normalized spacial score (nSPS) is 30.0. The van der Waals surface area contributed by atoms with E-state index in [1.807, 2.05) is 0 Å². The van der Waals surface area contributed by atoms with Gasteiger partial charge in [-0.25, -0.2) is 5.09 Å². The van der Waals surface area contributed by atoms with E-state index < -0.39 is 20.3 Å². The second-order valence-corrected chi connectivity index (χ2v) is 17.7. The van der Waals surface area contributed by atoms with E-state index in [9.17, 15) is 0 Å². The Kier molecular flexibility index (Phi) is 14.9. The lowest BCUT2D eigenvalue weighted by Gasteiger charge is -2.29. The van der Waals surface area contributed by atoms with E-state index in [0.717, 1.165) is 38.6 Å². The number of nitrogens with two attached hydrogens (primary N) is 1. The molecule has 0 spiro atoms. The molecule has 2 heterocycles. The smallest absolute Gasteiger partial charge is 0.300 e. The number of halogens is 3. The summed E-state index contributed by atoms with van der Waals surface area (Å²) in [5.74, 6) is -3.12. The lowest BCUT2D eigenvalue weighted by atomic mass is 10.1. The maximum Gasteiger partial charge on any atom is 0.300 e. The summed E-state index contributed by atoms with van der Waals surface area (Å²) in [5, 5.41) is 3.34. The van der Waals surface area contributed by atoms with E-state index in [2.05, 4.69) is 18.6 Å². The predicted octanol–water partition coefficient (Wildman–Crippen LogP) is 6.54. The van der Waals surface area contributed by atoms with E-state index >= 15 is 0 Å². The number of nitrogens with one attached hydrogen (secondary N) is 1. The average Bonchev–Trinajstić information content (AvgIpc) is 2.71. The Labute approximate surface area is 205 Å². The average molecular weight is 577 g/mol. The van der Waals surface area contributed by atoms with Gasteiger partial charge in [-0.15, -0.1) is 0 Å². The van der Waals surface area contributed by atoms with Crippen LogP contribution in [-0.4, -0.2) is 65.9 Å². The number of hydrogen-bond acceptors (Lipinski definition) is 10. The van der Waals surface area contributed by atoms with Crippen molar-refractivity contribution < 1.29 is 23.3 Å². The summed E-state index contributed by atoms with van der Waals surface area (Å²) in [7, 11) is -2.97. The van der Waals surface area contributed by atoms with Crippen LogP contribution in [0.5, 0.6) is 0 Å². The predicted molar refractivity (Wildman–Crippen MR) is 135 cm³/mol. The van der Waals surface area contributed by atoms with Gasteiger partial charge in [0.1, 0.15) is 0 Å². The molecule has 190 valence electrons. The van der Waals surface area contributed by atoms with Crippen molar-refractivity contribution in [3.05, 3.63) is 0 Å². The van der Waals surface area contributed by atoms with Crippen molar-refractivity contribution >= 4 is 54.0 Å². The second kappa shape index (κ2) is 16.1. The maximum atomic E-state index is 6.66. The van der Waals surface area contributed by atoms with Crippen LogP contribution < -0.4 is 10.8 Å². The van der Waals surface area contributed by atoms with Crippen molar-refractivity contribution in [2.24, 2.45) is 19.3 Å². The second-order valence-electron chi connectivity index (χ2n) is 7.06. The Hall–Kier alpha value is 1.28. The lowest BCUT2D eigenvalue weighted by Crippen LogP contribution is -2.17. The zero-order valence-corrected chi connectivity index (χ0v) is 23.2. The summed E-state index contributed by atoms with van der Waals surface area (Å²) in [6, 6.07) is 0. The van der Waals surface area contributed by atoms with Crippen molar-refractivity contribution in [1.82, 2.24) is 5.09 Å². The molecule has 2 aliphatic heterocycles. The molecule has 0 amide bonds. The fraction of sp³-hybridized carbons (Fsp3) is 1.00. The summed E-state index contributed by atoms with van der Waals surface area (Å²) < 4.78 is 41.7. The molecule has 10 nitrogen and oxygen atoms in total. The Morgan fingerprint density at radius 2 is 1.19 bits per heavy atom. The first kappa shape index (κ1) is 29.5. The molecule has 16 heteroatoms. The molecular formula is C16H35Cl3N5O5P3. The minimum Gasteiger partial charge on any atom is -0.377 e. The molecule has 2 atom stereocenters. The Balaban J connectivity index is 2.06. The molecule has 0 saturated heterocycles. The van der Waals surface area contributed by atoms with Crippen LogP contribution >= 0.6 is 54.0 Å². The lowest BCUT2D eigenvalue weighted by molar-refractivity contribution is 0.00555. The summed E-state index contributed by atoms with van der Waals surface area (Å²) in [4.78, 5) is 0. The van der Waals surface area contributed by atoms with Gasteiger partial charge in [0.05, 0.1) is 52.9 Å². The van der Waals surface area contributed by atoms with Gasteiger partial charge in [0.2, 0.25) is 0 Å². The molecule has 0 aliphatic carbocycles. The van der Waals surface area contributed by atoms with Gasteiger partial charge >= 0.3 is 6.78 Å². The van der Waals surface area contributed by atoms with Crippen molar-refractivity contribution in [3.63, 3.8) is 0 Å². The van der Waals surface area contributed by atoms with E-state index in [0.29, 0.717) is 46.2 Å². The quantitative estimate of drug-likeness (QED) is 0.236. The molecule has 2 bridgehead atoms. The van der Waals surface area contributed by atoms with Crippen LogP contribution in [0, 0.1) is 0 Å². The fourth-order valence-electron chi connectivity index (χ4n) is 2.87. The number of fused-ring (bicyclic) bond motifs is 1. The van der Waals surface area contributed by atoms with Crippen LogP contribution in [0.1, 0.15) is 38.5 Å². The summed E-state index contributed by atoms with van der Waals surface area (Å²) in [5.41, 5.74) is 5.54. The maximum absolute atomic E-state index is 6.66. The summed E-state index contributed by atoms with van der Waals surface area (Å²) in [6.07, 6.45) is 6.55. The van der Waals surface area contributed by atoms with Crippen LogP contribution in [0.3, 0.4) is 0 Å². The number of ether oxygens (including phenoxy) is 3. The monoisotopic (exact) mass is 575 g/mol. The zero-order chi connectivity index (χ0) is 23.2. The molecule has 32 heavy (non-hydrogen) atoms.